The van der Waals surface area contributed by atoms with Crippen LogP contribution in [-0.2, 0) is 6.54 Å². The summed E-state index contributed by atoms with van der Waals surface area (Å²) in [6.07, 6.45) is 1.61. The second-order valence-electron chi connectivity index (χ2n) is 5.72. The van der Waals surface area contributed by atoms with Gasteiger partial charge < -0.3 is 9.73 Å². The first kappa shape index (κ1) is 15.8. The van der Waals surface area contributed by atoms with Crippen LogP contribution in [0.15, 0.2) is 58.3 Å². The fraction of sp³-hybridized carbons (Fsp3) is 0.158. The van der Waals surface area contributed by atoms with Crippen molar-refractivity contribution < 1.29 is 9.21 Å². The number of nitrogens with zero attached hydrogens (tertiary/aromatic N) is 1. The summed E-state index contributed by atoms with van der Waals surface area (Å²) in [6, 6.07) is 10.8. The molecule has 122 valence electrons. The molecule has 0 saturated heterocycles. The Labute approximate surface area is 139 Å². The monoisotopic (exact) mass is 322 g/mol. The van der Waals surface area contributed by atoms with Crippen LogP contribution >= 0.6 is 0 Å². The second-order valence-corrected chi connectivity index (χ2v) is 5.72. The van der Waals surface area contributed by atoms with E-state index in [-0.39, 0.29) is 5.91 Å². The van der Waals surface area contributed by atoms with Crippen molar-refractivity contribution in [2.75, 3.05) is 5.32 Å². The Morgan fingerprint density at radius 2 is 2.04 bits per heavy atom. The van der Waals surface area contributed by atoms with Gasteiger partial charge in [0.05, 0.1) is 5.52 Å². The van der Waals surface area contributed by atoms with Crippen molar-refractivity contribution in [3.05, 3.63) is 76.3 Å². The molecule has 2 aromatic carbocycles. The molecular formula is C19H18N2O3. The summed E-state index contributed by atoms with van der Waals surface area (Å²) in [6.45, 7) is 7.87. The van der Waals surface area contributed by atoms with Crippen LogP contribution in [0.5, 0.6) is 0 Å². The van der Waals surface area contributed by atoms with Crippen LogP contribution in [0.4, 0.5) is 5.69 Å². The van der Waals surface area contributed by atoms with Gasteiger partial charge in [0.1, 0.15) is 0 Å². The first-order valence-electron chi connectivity index (χ1n) is 7.62. The van der Waals surface area contributed by atoms with Crippen molar-refractivity contribution in [1.29, 1.82) is 0 Å². The quantitative estimate of drug-likeness (QED) is 0.746. The number of aryl methyl sites for hydroxylation is 2. The smallest absolute Gasteiger partial charge is 0.408 e. The number of allylic oxidation sites excluding steroid dienone is 1. The average Bonchev–Trinajstić information content (AvgIpc) is 2.86. The molecule has 0 spiro atoms. The lowest BCUT2D eigenvalue weighted by molar-refractivity contribution is 0.102. The van der Waals surface area contributed by atoms with Gasteiger partial charge in [0, 0.05) is 17.8 Å². The minimum Gasteiger partial charge on any atom is -0.408 e. The molecule has 1 amide bonds. The number of hydrogen-bond acceptors (Lipinski definition) is 3. The van der Waals surface area contributed by atoms with Crippen LogP contribution in [0, 0.1) is 13.8 Å². The number of hydrogen-bond donors (Lipinski definition) is 1. The van der Waals surface area contributed by atoms with Crippen LogP contribution in [-0.4, -0.2) is 10.5 Å². The normalized spacial score (nSPS) is 10.8. The molecule has 3 aromatic rings. The Bertz CT molecular complexity index is 996. The van der Waals surface area contributed by atoms with E-state index in [2.05, 4.69) is 11.9 Å². The zero-order valence-electron chi connectivity index (χ0n) is 13.6. The topological polar surface area (TPSA) is 64.2 Å². The molecule has 3 rings (SSSR count). The maximum Gasteiger partial charge on any atom is 0.420 e. The third-order valence-electron chi connectivity index (χ3n) is 3.88. The molecule has 24 heavy (non-hydrogen) atoms. The Morgan fingerprint density at radius 1 is 1.25 bits per heavy atom. The number of rotatable bonds is 4. The fourth-order valence-electron chi connectivity index (χ4n) is 2.57. The molecule has 5 heteroatoms. The van der Waals surface area contributed by atoms with Gasteiger partial charge in [-0.2, -0.15) is 0 Å². The number of aromatic nitrogens is 1. The molecule has 1 heterocycles. The summed E-state index contributed by atoms with van der Waals surface area (Å²) in [5.74, 6) is -0.693. The average molecular weight is 322 g/mol. The van der Waals surface area contributed by atoms with E-state index in [4.69, 9.17) is 4.42 Å². The zero-order chi connectivity index (χ0) is 17.3. The SMILES string of the molecule is C=CCn1c(=O)oc2ccc(C(=O)Nc3cc(C)ccc3C)cc21. The second kappa shape index (κ2) is 6.20. The van der Waals surface area contributed by atoms with Crippen LogP contribution in [0.25, 0.3) is 11.1 Å². The summed E-state index contributed by atoms with van der Waals surface area (Å²) in [7, 11) is 0. The van der Waals surface area contributed by atoms with Crippen LogP contribution in [0.3, 0.4) is 0 Å². The minimum absolute atomic E-state index is 0.232. The standard InChI is InChI=1S/C19H18N2O3/c1-4-9-21-16-11-14(7-8-17(16)24-19(21)23)18(22)20-15-10-12(2)5-6-13(15)3/h4-8,10-11H,1,9H2,2-3H3,(H,20,22). The number of carbonyl (C=O) groups is 1. The van der Waals surface area contributed by atoms with Gasteiger partial charge in [-0.15, -0.1) is 6.58 Å². The van der Waals surface area contributed by atoms with Crippen LogP contribution < -0.4 is 11.1 Å². The molecule has 0 saturated carbocycles. The van der Waals surface area contributed by atoms with E-state index in [1.54, 1.807) is 24.3 Å². The lowest BCUT2D eigenvalue weighted by Crippen LogP contribution is -2.14. The highest BCUT2D eigenvalue weighted by Gasteiger charge is 2.13. The molecule has 0 radical (unpaired) electrons. The molecule has 0 aliphatic rings. The maximum absolute atomic E-state index is 12.5. The lowest BCUT2D eigenvalue weighted by atomic mass is 10.1. The van der Waals surface area contributed by atoms with E-state index in [1.807, 2.05) is 32.0 Å². The summed E-state index contributed by atoms with van der Waals surface area (Å²) in [4.78, 5) is 24.4. The van der Waals surface area contributed by atoms with E-state index in [0.717, 1.165) is 16.8 Å². The van der Waals surface area contributed by atoms with Crippen molar-refractivity contribution >= 4 is 22.7 Å². The Kier molecular flexibility index (Phi) is 4.08. The molecule has 0 aliphatic carbocycles. The highest BCUT2D eigenvalue weighted by Crippen LogP contribution is 2.19. The van der Waals surface area contributed by atoms with Crippen molar-refractivity contribution in [1.82, 2.24) is 4.57 Å². The lowest BCUT2D eigenvalue weighted by Gasteiger charge is -2.09. The molecule has 0 aliphatic heterocycles. The van der Waals surface area contributed by atoms with Gasteiger partial charge in [-0.3, -0.25) is 9.36 Å². The highest BCUT2D eigenvalue weighted by molar-refractivity contribution is 6.06. The van der Waals surface area contributed by atoms with Crippen molar-refractivity contribution in [3.63, 3.8) is 0 Å². The van der Waals surface area contributed by atoms with Crippen molar-refractivity contribution in [3.8, 4) is 0 Å². The van der Waals surface area contributed by atoms with Gasteiger partial charge in [0.2, 0.25) is 0 Å². The number of fused-ring (bicyclic) bond motifs is 1. The summed E-state index contributed by atoms with van der Waals surface area (Å²) in [5, 5.41) is 2.91. The summed E-state index contributed by atoms with van der Waals surface area (Å²) < 4.78 is 6.61. The largest absolute Gasteiger partial charge is 0.420 e. The fourth-order valence-corrected chi connectivity index (χ4v) is 2.57. The molecule has 0 atom stereocenters. The Morgan fingerprint density at radius 3 is 2.79 bits per heavy atom. The molecule has 0 unspecified atom stereocenters. The molecule has 0 bridgehead atoms. The van der Waals surface area contributed by atoms with Gasteiger partial charge in [-0.05, 0) is 49.2 Å². The molecular weight excluding hydrogens is 304 g/mol. The van der Waals surface area contributed by atoms with Crippen LogP contribution in [0.1, 0.15) is 21.5 Å². The van der Waals surface area contributed by atoms with E-state index >= 15 is 0 Å². The predicted octanol–water partition coefficient (Wildman–Crippen LogP) is 3.65. The Balaban J connectivity index is 1.98. The van der Waals surface area contributed by atoms with Crippen molar-refractivity contribution in [2.45, 2.75) is 20.4 Å². The number of amides is 1. The number of nitrogens with one attached hydrogen (secondary N) is 1. The number of carbonyl (C=O) groups excluding carboxylic acids is 1. The number of anilines is 1. The summed E-state index contributed by atoms with van der Waals surface area (Å²) >= 11 is 0. The van der Waals surface area contributed by atoms with Gasteiger partial charge >= 0.3 is 5.76 Å². The first-order valence-corrected chi connectivity index (χ1v) is 7.62. The van der Waals surface area contributed by atoms with Gasteiger partial charge in [-0.1, -0.05) is 18.2 Å². The van der Waals surface area contributed by atoms with E-state index in [0.29, 0.717) is 23.2 Å². The van der Waals surface area contributed by atoms with Gasteiger partial charge in [0.25, 0.3) is 5.91 Å². The predicted molar refractivity (Wildman–Crippen MR) is 94.5 cm³/mol. The summed E-state index contributed by atoms with van der Waals surface area (Å²) in [5.41, 5.74) is 4.32. The number of oxazole rings is 1. The maximum atomic E-state index is 12.5. The Hall–Kier alpha value is -3.08. The third kappa shape index (κ3) is 2.88. The van der Waals surface area contributed by atoms with E-state index in [1.165, 1.54) is 4.57 Å². The molecule has 0 fully saturated rings. The molecule has 1 N–H and O–H groups in total. The minimum atomic E-state index is -0.461. The molecule has 1 aromatic heterocycles. The van der Waals surface area contributed by atoms with Gasteiger partial charge in [0.15, 0.2) is 5.58 Å². The van der Waals surface area contributed by atoms with E-state index in [9.17, 15) is 9.59 Å². The van der Waals surface area contributed by atoms with Crippen LogP contribution in [0.2, 0.25) is 0 Å². The number of benzene rings is 2. The highest BCUT2D eigenvalue weighted by atomic mass is 16.4. The van der Waals surface area contributed by atoms with E-state index < -0.39 is 5.76 Å². The van der Waals surface area contributed by atoms with Gasteiger partial charge in [-0.25, -0.2) is 4.79 Å². The molecule has 5 nitrogen and oxygen atoms in total. The third-order valence-corrected chi connectivity index (χ3v) is 3.88. The first-order chi connectivity index (χ1) is 11.5. The van der Waals surface area contributed by atoms with Crippen molar-refractivity contribution in [2.24, 2.45) is 0 Å². The zero-order valence-corrected chi connectivity index (χ0v) is 13.6.